The second-order valence-corrected chi connectivity index (χ2v) is 8.68. The van der Waals surface area contributed by atoms with Crippen molar-refractivity contribution >= 4 is 17.7 Å². The van der Waals surface area contributed by atoms with Crippen LogP contribution in [-0.2, 0) is 10.5 Å². The first kappa shape index (κ1) is 20.2. The van der Waals surface area contributed by atoms with Crippen LogP contribution in [0.5, 0.6) is 5.75 Å². The van der Waals surface area contributed by atoms with Crippen molar-refractivity contribution < 1.29 is 23.6 Å². The molecule has 4 atom stereocenters. The third-order valence-electron chi connectivity index (χ3n) is 5.56. The van der Waals surface area contributed by atoms with E-state index in [4.69, 9.17) is 9.26 Å². The fourth-order valence-corrected chi connectivity index (χ4v) is 4.88. The number of likely N-dealkylation sites (tertiary alicyclic amines) is 1. The van der Waals surface area contributed by atoms with E-state index in [-0.39, 0.29) is 23.7 Å². The van der Waals surface area contributed by atoms with E-state index >= 15 is 0 Å². The molecule has 29 heavy (non-hydrogen) atoms. The zero-order valence-corrected chi connectivity index (χ0v) is 17.0. The lowest BCUT2D eigenvalue weighted by atomic mass is 9.78. The van der Waals surface area contributed by atoms with Gasteiger partial charge in [0.15, 0.2) is 5.82 Å². The van der Waals surface area contributed by atoms with Crippen molar-refractivity contribution in [3.8, 4) is 5.75 Å². The number of halogens is 1. The number of hydrogen-bond acceptors (Lipinski definition) is 7. The van der Waals surface area contributed by atoms with Gasteiger partial charge in [0.05, 0.1) is 17.6 Å². The van der Waals surface area contributed by atoms with Gasteiger partial charge in [-0.3, -0.25) is 4.79 Å². The summed E-state index contributed by atoms with van der Waals surface area (Å²) in [5.74, 6) is 2.89. The van der Waals surface area contributed by atoms with E-state index in [2.05, 4.69) is 10.1 Å². The van der Waals surface area contributed by atoms with Crippen molar-refractivity contribution in [2.75, 3.05) is 18.8 Å². The quantitative estimate of drug-likeness (QED) is 0.766. The molecule has 9 heteroatoms. The third kappa shape index (κ3) is 4.90. The first-order valence-corrected chi connectivity index (χ1v) is 10.9. The smallest absolute Gasteiger partial charge is 0.236 e. The van der Waals surface area contributed by atoms with Crippen LogP contribution in [0.4, 0.5) is 4.39 Å². The predicted molar refractivity (Wildman–Crippen MR) is 105 cm³/mol. The normalized spacial score (nSPS) is 26.4. The molecule has 2 aromatic rings. The summed E-state index contributed by atoms with van der Waals surface area (Å²) in [6, 6.07) is 5.83. The largest absolute Gasteiger partial charge is 0.488 e. The molecule has 2 heterocycles. The average molecular weight is 421 g/mol. The van der Waals surface area contributed by atoms with Crippen LogP contribution in [0.25, 0.3) is 0 Å². The van der Waals surface area contributed by atoms with Crippen molar-refractivity contribution in [1.82, 2.24) is 15.0 Å². The lowest BCUT2D eigenvalue weighted by molar-refractivity contribution is -0.127. The molecule has 1 aliphatic carbocycles. The minimum Gasteiger partial charge on any atom is -0.488 e. The van der Waals surface area contributed by atoms with Crippen LogP contribution in [0.1, 0.15) is 24.6 Å². The molecule has 0 unspecified atom stereocenters. The molecule has 0 bridgehead atoms. The standard InChI is InChI=1S/C20H24FN3O4S/c1-12-22-19(28-23-12)10-29-11-20(26)24-8-13-6-17(25)18(7-14(13)9-24)27-16-4-2-15(21)3-5-16/h2-5,13-14,17-18,25H,6-11H2,1H3/t13-,14+,17+,18+/m0/s1. The van der Waals surface area contributed by atoms with Crippen LogP contribution in [-0.4, -0.2) is 57.1 Å². The van der Waals surface area contributed by atoms with Crippen molar-refractivity contribution in [2.45, 2.75) is 37.7 Å². The number of nitrogens with zero attached hydrogens (tertiary/aromatic N) is 3. The van der Waals surface area contributed by atoms with Crippen molar-refractivity contribution in [3.63, 3.8) is 0 Å². The molecule has 1 saturated carbocycles. The Bertz CT molecular complexity index is 847. The van der Waals surface area contributed by atoms with Crippen LogP contribution in [0.3, 0.4) is 0 Å². The number of hydrogen-bond donors (Lipinski definition) is 1. The van der Waals surface area contributed by atoms with Gasteiger partial charge in [-0.25, -0.2) is 4.39 Å². The molecule has 7 nitrogen and oxygen atoms in total. The number of carbonyl (C=O) groups excluding carboxylic acids is 1. The Balaban J connectivity index is 1.27. The summed E-state index contributed by atoms with van der Waals surface area (Å²) in [5.41, 5.74) is 0. The van der Waals surface area contributed by atoms with Gasteiger partial charge in [0.2, 0.25) is 11.8 Å². The maximum atomic E-state index is 13.1. The lowest BCUT2D eigenvalue weighted by Crippen LogP contribution is -2.42. The molecule has 1 N–H and O–H groups in total. The first-order chi connectivity index (χ1) is 14.0. The molecule has 2 fully saturated rings. The Morgan fingerprint density at radius 1 is 1.31 bits per heavy atom. The van der Waals surface area contributed by atoms with Crippen LogP contribution in [0.15, 0.2) is 28.8 Å². The van der Waals surface area contributed by atoms with E-state index in [1.807, 2.05) is 4.90 Å². The topological polar surface area (TPSA) is 88.7 Å². The third-order valence-corrected chi connectivity index (χ3v) is 6.46. The zero-order chi connectivity index (χ0) is 20.4. The summed E-state index contributed by atoms with van der Waals surface area (Å²) < 4.78 is 24.0. The minimum absolute atomic E-state index is 0.0890. The van der Waals surface area contributed by atoms with Crippen LogP contribution in [0, 0.1) is 24.6 Å². The Hall–Kier alpha value is -2.13. The number of fused-ring (bicyclic) bond motifs is 1. The number of ether oxygens (including phenoxy) is 1. The summed E-state index contributed by atoms with van der Waals surface area (Å²) in [4.78, 5) is 18.6. The summed E-state index contributed by atoms with van der Waals surface area (Å²) >= 11 is 1.46. The fourth-order valence-electron chi connectivity index (χ4n) is 4.12. The van der Waals surface area contributed by atoms with E-state index in [0.717, 1.165) is 0 Å². The van der Waals surface area contributed by atoms with Gasteiger partial charge < -0.3 is 19.3 Å². The highest BCUT2D eigenvalue weighted by Gasteiger charge is 2.43. The van der Waals surface area contributed by atoms with Crippen molar-refractivity contribution in [3.05, 3.63) is 41.8 Å². The van der Waals surface area contributed by atoms with Gasteiger partial charge in [-0.1, -0.05) is 5.16 Å². The molecule has 156 valence electrons. The molecule has 4 rings (SSSR count). The Morgan fingerprint density at radius 3 is 2.72 bits per heavy atom. The molecular weight excluding hydrogens is 397 g/mol. The fraction of sp³-hybridized carbons (Fsp3) is 0.550. The van der Waals surface area contributed by atoms with Gasteiger partial charge in [0, 0.05) is 13.1 Å². The zero-order valence-electron chi connectivity index (χ0n) is 16.2. The van der Waals surface area contributed by atoms with Gasteiger partial charge in [-0.2, -0.15) is 4.98 Å². The predicted octanol–water partition coefficient (Wildman–Crippen LogP) is 2.43. The summed E-state index contributed by atoms with van der Waals surface area (Å²) in [6.45, 7) is 3.11. The molecule has 1 aromatic carbocycles. The Morgan fingerprint density at radius 2 is 2.03 bits per heavy atom. The van der Waals surface area contributed by atoms with Crippen LogP contribution < -0.4 is 4.74 Å². The molecule has 2 aliphatic rings. The molecule has 1 saturated heterocycles. The highest BCUT2D eigenvalue weighted by atomic mass is 32.2. The number of thioether (sulfide) groups is 1. The number of aliphatic hydroxyl groups is 1. The summed E-state index contributed by atoms with van der Waals surface area (Å²) in [6.07, 6.45) is 0.356. The van der Waals surface area contributed by atoms with E-state index in [1.165, 1.54) is 23.9 Å². The Kier molecular flexibility index (Phi) is 6.05. The molecular formula is C20H24FN3O4S. The average Bonchev–Trinajstić information content (AvgIpc) is 3.29. The molecule has 1 aliphatic heterocycles. The van der Waals surface area contributed by atoms with Gasteiger partial charge in [-0.15, -0.1) is 11.8 Å². The summed E-state index contributed by atoms with van der Waals surface area (Å²) in [5, 5.41) is 14.2. The summed E-state index contributed by atoms with van der Waals surface area (Å²) in [7, 11) is 0. The SMILES string of the molecule is Cc1noc(CSCC(=O)N2C[C@H]3C[C@@H](Oc4ccc(F)cc4)[C@H](O)C[C@H]3C2)n1. The highest BCUT2D eigenvalue weighted by molar-refractivity contribution is 7.99. The molecule has 1 amide bonds. The monoisotopic (exact) mass is 421 g/mol. The molecule has 0 spiro atoms. The first-order valence-electron chi connectivity index (χ1n) is 9.73. The minimum atomic E-state index is -0.591. The van der Waals surface area contributed by atoms with E-state index < -0.39 is 6.10 Å². The number of aliphatic hydroxyl groups excluding tert-OH is 1. The van der Waals surface area contributed by atoms with Crippen LogP contribution >= 0.6 is 11.8 Å². The lowest BCUT2D eigenvalue weighted by Gasteiger charge is -2.35. The number of aromatic nitrogens is 2. The number of rotatable bonds is 6. The second-order valence-electron chi connectivity index (χ2n) is 7.70. The molecule has 1 aromatic heterocycles. The van der Waals surface area contributed by atoms with Gasteiger partial charge in [-0.05, 0) is 55.9 Å². The van der Waals surface area contributed by atoms with E-state index in [0.29, 0.717) is 60.8 Å². The van der Waals surface area contributed by atoms with Gasteiger partial charge >= 0.3 is 0 Å². The van der Waals surface area contributed by atoms with Crippen molar-refractivity contribution in [2.24, 2.45) is 11.8 Å². The maximum absolute atomic E-state index is 13.1. The number of carbonyl (C=O) groups is 1. The number of amides is 1. The Labute approximate surface area is 172 Å². The van der Waals surface area contributed by atoms with Gasteiger partial charge in [0.25, 0.3) is 0 Å². The molecule has 0 radical (unpaired) electrons. The number of benzene rings is 1. The van der Waals surface area contributed by atoms with Crippen molar-refractivity contribution in [1.29, 1.82) is 0 Å². The van der Waals surface area contributed by atoms with Gasteiger partial charge in [0.1, 0.15) is 17.7 Å². The maximum Gasteiger partial charge on any atom is 0.236 e. The second kappa shape index (κ2) is 8.71. The number of aryl methyl sites for hydroxylation is 1. The van der Waals surface area contributed by atoms with Crippen LogP contribution in [0.2, 0.25) is 0 Å². The van der Waals surface area contributed by atoms with E-state index in [9.17, 15) is 14.3 Å². The highest BCUT2D eigenvalue weighted by Crippen LogP contribution is 2.38. The van der Waals surface area contributed by atoms with E-state index in [1.54, 1.807) is 19.1 Å².